The number of nitrogens with one attached hydrogen (secondary N) is 1. The molecule has 2 aliphatic rings. The lowest BCUT2D eigenvalue weighted by atomic mass is 10.1. The number of amides is 2. The van der Waals surface area contributed by atoms with Gasteiger partial charge in [0.05, 0.1) is 6.10 Å². The van der Waals surface area contributed by atoms with Crippen LogP contribution in [0.1, 0.15) is 32.1 Å². The number of carbonyl (C=O) groups is 2. The molecule has 2 N–H and O–H groups in total. The molecule has 0 saturated heterocycles. The molecule has 1 aliphatic carbocycles. The number of aliphatic hydroxyl groups is 1. The van der Waals surface area contributed by atoms with Crippen LogP contribution in [0.5, 0.6) is 0 Å². The smallest absolute Gasteiger partial charge is 0.267 e. The highest BCUT2D eigenvalue weighted by molar-refractivity contribution is 6.39. The number of rotatable bonds is 3. The van der Waals surface area contributed by atoms with Crippen molar-refractivity contribution in [3.63, 3.8) is 0 Å². The second-order valence-electron chi connectivity index (χ2n) is 4.93. The summed E-state index contributed by atoms with van der Waals surface area (Å²) in [5.41, 5.74) is 0.393. The molecule has 0 aromatic carbocycles. The molecule has 2 amide bonds. The van der Waals surface area contributed by atoms with E-state index in [1.54, 1.807) is 7.05 Å². The Labute approximate surface area is 106 Å². The van der Waals surface area contributed by atoms with Crippen LogP contribution in [-0.2, 0) is 9.59 Å². The van der Waals surface area contributed by atoms with E-state index in [1.165, 1.54) is 5.01 Å². The van der Waals surface area contributed by atoms with Crippen LogP contribution >= 0.6 is 0 Å². The molecular weight excluding hydrogens is 234 g/mol. The van der Waals surface area contributed by atoms with E-state index < -0.39 is 0 Å². The standard InChI is InChI=1S/C12H19N3O3/c1-15-11(17)6-5-9(14-15)12(18)13-7-8-3-2-4-10(8)16/h8,10,16H,2-7H2,1H3,(H,13,18). The zero-order valence-electron chi connectivity index (χ0n) is 10.6. The molecule has 0 spiro atoms. The summed E-state index contributed by atoms with van der Waals surface area (Å²) in [6.07, 6.45) is 3.20. The van der Waals surface area contributed by atoms with Gasteiger partial charge < -0.3 is 10.4 Å². The van der Waals surface area contributed by atoms with Crippen LogP contribution in [0, 0.1) is 5.92 Å². The quantitative estimate of drug-likeness (QED) is 0.735. The highest BCUT2D eigenvalue weighted by Crippen LogP contribution is 2.24. The Morgan fingerprint density at radius 1 is 1.50 bits per heavy atom. The first-order chi connectivity index (χ1) is 8.58. The molecule has 6 nitrogen and oxygen atoms in total. The molecule has 2 rings (SSSR count). The van der Waals surface area contributed by atoms with Gasteiger partial charge in [0.1, 0.15) is 5.71 Å². The first kappa shape index (κ1) is 13.0. The summed E-state index contributed by atoms with van der Waals surface area (Å²) in [6.45, 7) is 0.483. The van der Waals surface area contributed by atoms with E-state index in [4.69, 9.17) is 0 Å². The lowest BCUT2D eigenvalue weighted by Gasteiger charge is -2.20. The second kappa shape index (κ2) is 5.48. The Hall–Kier alpha value is -1.43. The number of hydrogen-bond acceptors (Lipinski definition) is 4. The van der Waals surface area contributed by atoms with Gasteiger partial charge in [0.15, 0.2) is 0 Å². The molecule has 18 heavy (non-hydrogen) atoms. The summed E-state index contributed by atoms with van der Waals surface area (Å²) >= 11 is 0. The second-order valence-corrected chi connectivity index (χ2v) is 4.93. The predicted molar refractivity (Wildman–Crippen MR) is 65.8 cm³/mol. The number of nitrogens with zero attached hydrogens (tertiary/aromatic N) is 2. The number of hydrazone groups is 1. The van der Waals surface area contributed by atoms with Crippen LogP contribution in [-0.4, -0.2) is 47.3 Å². The number of hydrogen-bond donors (Lipinski definition) is 2. The van der Waals surface area contributed by atoms with Crippen molar-refractivity contribution in [2.45, 2.75) is 38.2 Å². The minimum absolute atomic E-state index is 0.0715. The van der Waals surface area contributed by atoms with Gasteiger partial charge >= 0.3 is 0 Å². The van der Waals surface area contributed by atoms with Gasteiger partial charge in [0.25, 0.3) is 5.91 Å². The zero-order chi connectivity index (χ0) is 13.1. The fraction of sp³-hybridized carbons (Fsp3) is 0.750. The Bertz CT molecular complexity index is 381. The number of aliphatic hydroxyl groups excluding tert-OH is 1. The Balaban J connectivity index is 1.85. The van der Waals surface area contributed by atoms with E-state index >= 15 is 0 Å². The normalized spacial score (nSPS) is 28.2. The van der Waals surface area contributed by atoms with Crippen LogP contribution < -0.4 is 5.32 Å². The van der Waals surface area contributed by atoms with Gasteiger partial charge in [-0.3, -0.25) is 9.59 Å². The minimum atomic E-state index is -0.303. The van der Waals surface area contributed by atoms with Gasteiger partial charge in [-0.1, -0.05) is 6.42 Å². The third-order valence-corrected chi connectivity index (χ3v) is 3.61. The van der Waals surface area contributed by atoms with E-state index in [1.807, 2.05) is 0 Å². The van der Waals surface area contributed by atoms with Gasteiger partial charge in [-0.2, -0.15) is 5.10 Å². The third-order valence-electron chi connectivity index (χ3n) is 3.61. The van der Waals surface area contributed by atoms with Crippen molar-refractivity contribution in [2.24, 2.45) is 11.0 Å². The summed E-state index contributed by atoms with van der Waals surface area (Å²) in [7, 11) is 1.55. The van der Waals surface area contributed by atoms with E-state index in [2.05, 4.69) is 10.4 Å². The summed E-state index contributed by atoms with van der Waals surface area (Å²) in [4.78, 5) is 23.1. The lowest BCUT2D eigenvalue weighted by molar-refractivity contribution is -0.130. The summed E-state index contributed by atoms with van der Waals surface area (Å²) < 4.78 is 0. The van der Waals surface area contributed by atoms with Crippen molar-refractivity contribution in [1.82, 2.24) is 10.3 Å². The third kappa shape index (κ3) is 2.87. The molecular formula is C12H19N3O3. The molecule has 1 saturated carbocycles. The van der Waals surface area contributed by atoms with Gasteiger partial charge in [0, 0.05) is 32.4 Å². The predicted octanol–water partition coefficient (Wildman–Crippen LogP) is -0.128. The maximum absolute atomic E-state index is 11.9. The highest BCUT2D eigenvalue weighted by atomic mass is 16.3. The molecule has 2 unspecified atom stereocenters. The highest BCUT2D eigenvalue weighted by Gasteiger charge is 2.27. The molecule has 0 radical (unpaired) electrons. The average Bonchev–Trinajstić information content (AvgIpc) is 2.75. The van der Waals surface area contributed by atoms with Crippen molar-refractivity contribution in [3.8, 4) is 0 Å². The molecule has 0 aromatic rings. The van der Waals surface area contributed by atoms with Crippen molar-refractivity contribution in [3.05, 3.63) is 0 Å². The zero-order valence-corrected chi connectivity index (χ0v) is 10.6. The van der Waals surface area contributed by atoms with Crippen LogP contribution in [0.4, 0.5) is 0 Å². The van der Waals surface area contributed by atoms with Crippen LogP contribution in [0.25, 0.3) is 0 Å². The van der Waals surface area contributed by atoms with Crippen molar-refractivity contribution in [1.29, 1.82) is 0 Å². The van der Waals surface area contributed by atoms with Crippen molar-refractivity contribution < 1.29 is 14.7 Å². The average molecular weight is 253 g/mol. The molecule has 6 heteroatoms. The first-order valence-corrected chi connectivity index (χ1v) is 6.38. The SMILES string of the molecule is CN1N=C(C(=O)NCC2CCCC2O)CCC1=O. The molecule has 2 atom stereocenters. The fourth-order valence-corrected chi connectivity index (χ4v) is 2.41. The van der Waals surface area contributed by atoms with Crippen LogP contribution in [0.2, 0.25) is 0 Å². The van der Waals surface area contributed by atoms with Crippen molar-refractivity contribution in [2.75, 3.05) is 13.6 Å². The summed E-state index contributed by atoms with van der Waals surface area (Å²) in [5.74, 6) is -0.149. The largest absolute Gasteiger partial charge is 0.393 e. The molecule has 1 aliphatic heterocycles. The maximum Gasteiger partial charge on any atom is 0.267 e. The van der Waals surface area contributed by atoms with Gasteiger partial charge in [-0.15, -0.1) is 0 Å². The minimum Gasteiger partial charge on any atom is -0.393 e. The van der Waals surface area contributed by atoms with E-state index in [-0.39, 0.29) is 23.8 Å². The van der Waals surface area contributed by atoms with Crippen LogP contribution in [0.3, 0.4) is 0 Å². The summed E-state index contributed by atoms with van der Waals surface area (Å²) in [5, 5.41) is 17.6. The molecule has 0 bridgehead atoms. The monoisotopic (exact) mass is 253 g/mol. The Morgan fingerprint density at radius 3 is 2.89 bits per heavy atom. The van der Waals surface area contributed by atoms with E-state index in [0.29, 0.717) is 25.1 Å². The topological polar surface area (TPSA) is 82.0 Å². The number of carbonyl (C=O) groups excluding carboxylic acids is 2. The Morgan fingerprint density at radius 2 is 2.28 bits per heavy atom. The van der Waals surface area contributed by atoms with E-state index in [0.717, 1.165) is 19.3 Å². The van der Waals surface area contributed by atoms with Crippen molar-refractivity contribution >= 4 is 17.5 Å². The van der Waals surface area contributed by atoms with Gasteiger partial charge in [-0.25, -0.2) is 5.01 Å². The van der Waals surface area contributed by atoms with Gasteiger partial charge in [0.2, 0.25) is 5.91 Å². The molecule has 0 aromatic heterocycles. The fourth-order valence-electron chi connectivity index (χ4n) is 2.41. The maximum atomic E-state index is 11.9. The first-order valence-electron chi connectivity index (χ1n) is 6.38. The lowest BCUT2D eigenvalue weighted by Crippen LogP contribution is -2.40. The summed E-state index contributed by atoms with van der Waals surface area (Å²) in [6, 6.07) is 0. The molecule has 1 heterocycles. The Kier molecular flexibility index (Phi) is 3.96. The van der Waals surface area contributed by atoms with E-state index in [9.17, 15) is 14.7 Å². The molecule has 1 fully saturated rings. The molecule has 100 valence electrons. The van der Waals surface area contributed by atoms with Gasteiger partial charge in [-0.05, 0) is 12.8 Å². The van der Waals surface area contributed by atoms with Crippen LogP contribution in [0.15, 0.2) is 5.10 Å².